The number of hydrogen-bond donors (Lipinski definition) is 2. The molecular formula is C20H22IN3. The van der Waals surface area contributed by atoms with Crippen molar-refractivity contribution in [2.24, 2.45) is 10.7 Å². The average molecular weight is 431 g/mol. The normalized spacial score (nSPS) is 11.1. The molecule has 3 nitrogen and oxygen atoms in total. The molecule has 0 saturated carbocycles. The molecule has 0 aliphatic rings. The Labute approximate surface area is 160 Å². The van der Waals surface area contributed by atoms with Crippen LogP contribution in [0.4, 0.5) is 0 Å². The first-order valence-corrected chi connectivity index (χ1v) is 7.87. The molecule has 3 aromatic rings. The molecule has 3 N–H and O–H groups in total. The molecule has 0 radical (unpaired) electrons. The maximum Gasteiger partial charge on any atom is 0.188 e. The van der Waals surface area contributed by atoms with Crippen molar-refractivity contribution in [2.45, 2.75) is 13.0 Å². The minimum Gasteiger partial charge on any atom is -0.370 e. The zero-order valence-corrected chi connectivity index (χ0v) is 15.8. The van der Waals surface area contributed by atoms with E-state index in [1.165, 1.54) is 16.3 Å². The first-order chi connectivity index (χ1) is 11.3. The molecular weight excluding hydrogens is 409 g/mol. The van der Waals surface area contributed by atoms with Crippen LogP contribution in [0.2, 0.25) is 0 Å². The smallest absolute Gasteiger partial charge is 0.188 e. The fourth-order valence-corrected chi connectivity index (χ4v) is 2.65. The van der Waals surface area contributed by atoms with Gasteiger partial charge in [0.2, 0.25) is 0 Å². The number of halogens is 1. The van der Waals surface area contributed by atoms with E-state index in [4.69, 9.17) is 5.73 Å². The average Bonchev–Trinajstić information content (AvgIpc) is 2.61. The van der Waals surface area contributed by atoms with E-state index >= 15 is 0 Å². The molecule has 3 rings (SSSR count). The van der Waals surface area contributed by atoms with Gasteiger partial charge in [-0.25, -0.2) is 4.99 Å². The molecule has 0 aliphatic heterocycles. The second-order valence-electron chi connectivity index (χ2n) is 5.50. The van der Waals surface area contributed by atoms with Gasteiger partial charge in [0, 0.05) is 6.54 Å². The van der Waals surface area contributed by atoms with Gasteiger partial charge in [0.25, 0.3) is 0 Å². The lowest BCUT2D eigenvalue weighted by Gasteiger charge is -2.08. The third-order valence-corrected chi connectivity index (χ3v) is 3.86. The molecule has 0 fully saturated rings. The van der Waals surface area contributed by atoms with Crippen LogP contribution in [0.5, 0.6) is 0 Å². The van der Waals surface area contributed by atoms with Gasteiger partial charge in [0.05, 0.1) is 6.54 Å². The Kier molecular flexibility index (Phi) is 7.06. The quantitative estimate of drug-likeness (QED) is 0.363. The largest absolute Gasteiger partial charge is 0.370 e. The van der Waals surface area contributed by atoms with Crippen molar-refractivity contribution in [1.82, 2.24) is 5.32 Å². The van der Waals surface area contributed by atoms with Crippen LogP contribution >= 0.6 is 24.0 Å². The van der Waals surface area contributed by atoms with Gasteiger partial charge in [-0.1, -0.05) is 72.8 Å². The summed E-state index contributed by atoms with van der Waals surface area (Å²) in [5, 5.41) is 5.77. The van der Waals surface area contributed by atoms with Crippen LogP contribution in [0.1, 0.15) is 11.1 Å². The number of fused-ring (bicyclic) bond motifs is 1. The van der Waals surface area contributed by atoms with Crippen LogP contribution in [0.15, 0.2) is 77.8 Å². The zero-order valence-electron chi connectivity index (χ0n) is 13.5. The van der Waals surface area contributed by atoms with E-state index in [9.17, 15) is 0 Å². The van der Waals surface area contributed by atoms with Crippen molar-refractivity contribution >= 4 is 40.7 Å². The number of nitrogens with one attached hydrogen (secondary N) is 1. The van der Waals surface area contributed by atoms with Crippen molar-refractivity contribution in [3.63, 3.8) is 0 Å². The van der Waals surface area contributed by atoms with Crippen LogP contribution in [0.25, 0.3) is 10.8 Å². The van der Waals surface area contributed by atoms with E-state index in [0.717, 1.165) is 18.5 Å². The van der Waals surface area contributed by atoms with Crippen LogP contribution in [0.3, 0.4) is 0 Å². The van der Waals surface area contributed by atoms with Gasteiger partial charge in [-0.15, -0.1) is 24.0 Å². The van der Waals surface area contributed by atoms with Crippen LogP contribution < -0.4 is 11.1 Å². The molecule has 0 saturated heterocycles. The minimum atomic E-state index is 0. The van der Waals surface area contributed by atoms with E-state index in [2.05, 4.69) is 52.8 Å². The van der Waals surface area contributed by atoms with Crippen LogP contribution in [0, 0.1) is 0 Å². The Morgan fingerprint density at radius 3 is 2.42 bits per heavy atom. The summed E-state index contributed by atoms with van der Waals surface area (Å²) in [5.74, 6) is 0.495. The number of hydrogen-bond acceptors (Lipinski definition) is 1. The van der Waals surface area contributed by atoms with Gasteiger partial charge in [-0.05, 0) is 28.3 Å². The maximum atomic E-state index is 5.94. The van der Waals surface area contributed by atoms with Gasteiger partial charge < -0.3 is 11.1 Å². The van der Waals surface area contributed by atoms with E-state index in [-0.39, 0.29) is 24.0 Å². The van der Waals surface area contributed by atoms with E-state index in [1.807, 2.05) is 30.3 Å². The summed E-state index contributed by atoms with van der Waals surface area (Å²) in [6, 6.07) is 25.0. The number of benzene rings is 3. The maximum absolute atomic E-state index is 5.94. The predicted molar refractivity (Wildman–Crippen MR) is 113 cm³/mol. The Morgan fingerprint density at radius 2 is 1.58 bits per heavy atom. The fourth-order valence-electron chi connectivity index (χ4n) is 2.65. The summed E-state index contributed by atoms with van der Waals surface area (Å²) in [6.07, 6.45) is 0.920. The summed E-state index contributed by atoms with van der Waals surface area (Å²) >= 11 is 0. The van der Waals surface area contributed by atoms with Crippen LogP contribution in [-0.2, 0) is 13.0 Å². The van der Waals surface area contributed by atoms with Crippen molar-refractivity contribution < 1.29 is 0 Å². The highest BCUT2D eigenvalue weighted by molar-refractivity contribution is 14.0. The standard InChI is InChI=1S/C20H21N3.HI/c21-20(23-15-16-7-2-1-3-8-16)22-14-13-18-11-6-10-17-9-4-5-12-19(17)18;/h1-12H,13-15H2,(H3,21,22,23);1H. The lowest BCUT2D eigenvalue weighted by molar-refractivity contribution is 0.852. The molecule has 0 aliphatic carbocycles. The third kappa shape index (κ3) is 4.96. The molecule has 0 heterocycles. The summed E-state index contributed by atoms with van der Waals surface area (Å²) < 4.78 is 0. The molecule has 0 amide bonds. The number of guanidine groups is 1. The molecule has 3 aromatic carbocycles. The van der Waals surface area contributed by atoms with E-state index in [1.54, 1.807) is 0 Å². The lowest BCUT2D eigenvalue weighted by Crippen LogP contribution is -2.33. The van der Waals surface area contributed by atoms with E-state index in [0.29, 0.717) is 12.5 Å². The van der Waals surface area contributed by atoms with Gasteiger partial charge in [0.1, 0.15) is 0 Å². The SMILES string of the molecule is I.NC(=NCc1ccccc1)NCCc1cccc2ccccc12. The number of nitrogens with two attached hydrogens (primary N) is 1. The Morgan fingerprint density at radius 1 is 0.875 bits per heavy atom. The predicted octanol–water partition coefficient (Wildman–Crippen LogP) is 4.10. The van der Waals surface area contributed by atoms with Crippen LogP contribution in [-0.4, -0.2) is 12.5 Å². The summed E-state index contributed by atoms with van der Waals surface area (Å²) in [5.41, 5.74) is 8.42. The number of aliphatic imine (C=N–C) groups is 1. The first-order valence-electron chi connectivity index (χ1n) is 7.87. The van der Waals surface area contributed by atoms with Gasteiger partial charge in [-0.3, -0.25) is 0 Å². The number of rotatable bonds is 5. The van der Waals surface area contributed by atoms with Crippen molar-refractivity contribution in [3.8, 4) is 0 Å². The topological polar surface area (TPSA) is 50.4 Å². The van der Waals surface area contributed by atoms with Crippen molar-refractivity contribution in [1.29, 1.82) is 0 Å². The second kappa shape index (κ2) is 9.27. The van der Waals surface area contributed by atoms with Gasteiger partial charge in [-0.2, -0.15) is 0 Å². The Balaban J connectivity index is 0.00000208. The summed E-state index contributed by atoms with van der Waals surface area (Å²) in [6.45, 7) is 1.38. The first kappa shape index (κ1) is 18.3. The fraction of sp³-hybridized carbons (Fsp3) is 0.150. The minimum absolute atomic E-state index is 0. The van der Waals surface area contributed by atoms with Gasteiger partial charge in [0.15, 0.2) is 5.96 Å². The molecule has 0 atom stereocenters. The summed E-state index contributed by atoms with van der Waals surface area (Å²) in [7, 11) is 0. The lowest BCUT2D eigenvalue weighted by atomic mass is 10.0. The number of nitrogens with zero attached hydrogens (tertiary/aromatic N) is 1. The third-order valence-electron chi connectivity index (χ3n) is 3.86. The zero-order chi connectivity index (χ0) is 15.9. The highest BCUT2D eigenvalue weighted by Crippen LogP contribution is 2.18. The van der Waals surface area contributed by atoms with Crippen molar-refractivity contribution in [2.75, 3.05) is 6.54 Å². The molecule has 0 bridgehead atoms. The molecule has 0 unspecified atom stereocenters. The Bertz CT molecular complexity index is 795. The second-order valence-corrected chi connectivity index (χ2v) is 5.50. The molecule has 24 heavy (non-hydrogen) atoms. The monoisotopic (exact) mass is 431 g/mol. The molecule has 0 aromatic heterocycles. The molecule has 0 spiro atoms. The summed E-state index contributed by atoms with van der Waals surface area (Å²) in [4.78, 5) is 4.37. The van der Waals surface area contributed by atoms with E-state index < -0.39 is 0 Å². The highest BCUT2D eigenvalue weighted by atomic mass is 127. The molecule has 4 heteroatoms. The van der Waals surface area contributed by atoms with Gasteiger partial charge >= 0.3 is 0 Å². The Hall–Kier alpha value is -2.08. The highest BCUT2D eigenvalue weighted by Gasteiger charge is 2.00. The molecule has 124 valence electrons. The van der Waals surface area contributed by atoms with Crippen molar-refractivity contribution in [3.05, 3.63) is 83.9 Å².